The second-order valence-corrected chi connectivity index (χ2v) is 6.10. The summed E-state index contributed by atoms with van der Waals surface area (Å²) in [5, 5.41) is 6.92. The number of aromatic nitrogens is 1. The SMILES string of the molecule is Cc1noc(C)c1CC(=O)NCC1CCOc2ccccc2C1. The predicted octanol–water partition coefficient (Wildman–Crippen LogP) is 2.59. The van der Waals surface area contributed by atoms with Gasteiger partial charge in [0.1, 0.15) is 11.5 Å². The molecule has 2 aromatic rings. The van der Waals surface area contributed by atoms with Crippen LogP contribution in [0.3, 0.4) is 0 Å². The number of amides is 1. The first-order valence-electron chi connectivity index (χ1n) is 8.02. The average molecular weight is 314 g/mol. The Morgan fingerprint density at radius 2 is 2.17 bits per heavy atom. The van der Waals surface area contributed by atoms with Crippen molar-refractivity contribution in [2.24, 2.45) is 5.92 Å². The number of nitrogens with one attached hydrogen (secondary N) is 1. The minimum absolute atomic E-state index is 0.0119. The number of carbonyl (C=O) groups excluding carboxylic acids is 1. The van der Waals surface area contributed by atoms with Gasteiger partial charge < -0.3 is 14.6 Å². The maximum atomic E-state index is 12.2. The summed E-state index contributed by atoms with van der Waals surface area (Å²) in [5.41, 5.74) is 2.89. The monoisotopic (exact) mass is 314 g/mol. The van der Waals surface area contributed by atoms with E-state index >= 15 is 0 Å². The van der Waals surface area contributed by atoms with Crippen molar-refractivity contribution in [1.82, 2.24) is 10.5 Å². The van der Waals surface area contributed by atoms with Gasteiger partial charge in [-0.25, -0.2) is 0 Å². The van der Waals surface area contributed by atoms with Crippen LogP contribution in [0.2, 0.25) is 0 Å². The average Bonchev–Trinajstić information content (AvgIpc) is 2.77. The van der Waals surface area contributed by atoms with Gasteiger partial charge in [0.25, 0.3) is 0 Å². The highest BCUT2D eigenvalue weighted by molar-refractivity contribution is 5.79. The van der Waals surface area contributed by atoms with E-state index in [9.17, 15) is 4.79 Å². The quantitative estimate of drug-likeness (QED) is 0.942. The predicted molar refractivity (Wildman–Crippen MR) is 86.4 cm³/mol. The minimum atomic E-state index is 0.0119. The molecule has 2 heterocycles. The number of nitrogens with zero attached hydrogens (tertiary/aromatic N) is 1. The number of aryl methyl sites for hydroxylation is 2. The molecule has 1 aromatic carbocycles. The van der Waals surface area contributed by atoms with Crippen LogP contribution in [0.15, 0.2) is 28.8 Å². The van der Waals surface area contributed by atoms with Gasteiger partial charge in [0.2, 0.25) is 5.91 Å². The van der Waals surface area contributed by atoms with Crippen LogP contribution in [0, 0.1) is 19.8 Å². The van der Waals surface area contributed by atoms with E-state index in [0.29, 0.717) is 25.5 Å². The molecule has 0 aliphatic carbocycles. The zero-order chi connectivity index (χ0) is 16.2. The van der Waals surface area contributed by atoms with E-state index in [1.54, 1.807) is 0 Å². The van der Waals surface area contributed by atoms with E-state index in [1.807, 2.05) is 32.0 Å². The molecule has 1 atom stereocenters. The standard InChI is InChI=1S/C18H22N2O3/c1-12-16(13(2)23-20-12)10-18(21)19-11-14-7-8-22-17-6-4-3-5-15(17)9-14/h3-6,14H,7-11H2,1-2H3,(H,19,21). The van der Waals surface area contributed by atoms with Crippen LogP contribution in [-0.4, -0.2) is 24.2 Å². The van der Waals surface area contributed by atoms with Crippen LogP contribution >= 0.6 is 0 Å². The van der Waals surface area contributed by atoms with Gasteiger partial charge in [0.15, 0.2) is 0 Å². The van der Waals surface area contributed by atoms with Gasteiger partial charge in [-0.2, -0.15) is 0 Å². The van der Waals surface area contributed by atoms with E-state index < -0.39 is 0 Å². The molecular formula is C18H22N2O3. The highest BCUT2D eigenvalue weighted by atomic mass is 16.5. The Bertz CT molecular complexity index is 674. The molecule has 122 valence electrons. The smallest absolute Gasteiger partial charge is 0.224 e. The van der Waals surface area contributed by atoms with Crippen molar-refractivity contribution in [3.63, 3.8) is 0 Å². The maximum Gasteiger partial charge on any atom is 0.224 e. The molecule has 5 nitrogen and oxygen atoms in total. The Morgan fingerprint density at radius 3 is 2.96 bits per heavy atom. The Labute approximate surface area is 136 Å². The summed E-state index contributed by atoms with van der Waals surface area (Å²) in [6, 6.07) is 8.12. The van der Waals surface area contributed by atoms with E-state index in [0.717, 1.165) is 35.6 Å². The van der Waals surface area contributed by atoms with E-state index in [1.165, 1.54) is 5.56 Å². The second kappa shape index (κ2) is 6.86. The summed E-state index contributed by atoms with van der Waals surface area (Å²) in [6.45, 7) is 5.06. The number of fused-ring (bicyclic) bond motifs is 1. The highest BCUT2D eigenvalue weighted by Crippen LogP contribution is 2.26. The van der Waals surface area contributed by atoms with Crippen molar-refractivity contribution in [3.8, 4) is 5.75 Å². The van der Waals surface area contributed by atoms with Crippen LogP contribution in [0.5, 0.6) is 5.75 Å². The molecule has 0 saturated heterocycles. The molecule has 1 amide bonds. The highest BCUT2D eigenvalue weighted by Gasteiger charge is 2.19. The molecule has 0 spiro atoms. The van der Waals surface area contributed by atoms with Crippen LogP contribution in [-0.2, 0) is 17.6 Å². The summed E-state index contributed by atoms with van der Waals surface area (Å²) in [7, 11) is 0. The third-order valence-corrected chi connectivity index (χ3v) is 4.37. The summed E-state index contributed by atoms with van der Waals surface area (Å²) in [4.78, 5) is 12.2. The lowest BCUT2D eigenvalue weighted by atomic mass is 9.97. The molecule has 0 bridgehead atoms. The number of carbonyl (C=O) groups is 1. The van der Waals surface area contributed by atoms with Gasteiger partial charge in [-0.15, -0.1) is 0 Å². The first-order chi connectivity index (χ1) is 11.1. The van der Waals surface area contributed by atoms with Crippen LogP contribution in [0.25, 0.3) is 0 Å². The minimum Gasteiger partial charge on any atom is -0.493 e. The molecule has 1 aromatic heterocycles. The van der Waals surface area contributed by atoms with Gasteiger partial charge in [-0.3, -0.25) is 4.79 Å². The van der Waals surface area contributed by atoms with E-state index in [-0.39, 0.29) is 5.91 Å². The molecule has 0 saturated carbocycles. The summed E-state index contributed by atoms with van der Waals surface area (Å²) in [6.07, 6.45) is 2.20. The number of benzene rings is 1. The lowest BCUT2D eigenvalue weighted by Crippen LogP contribution is -2.31. The van der Waals surface area contributed by atoms with Crippen LogP contribution < -0.4 is 10.1 Å². The fourth-order valence-electron chi connectivity index (χ4n) is 2.97. The van der Waals surface area contributed by atoms with Crippen molar-refractivity contribution < 1.29 is 14.1 Å². The van der Waals surface area contributed by atoms with E-state index in [2.05, 4.69) is 16.5 Å². The van der Waals surface area contributed by atoms with Crippen molar-refractivity contribution >= 4 is 5.91 Å². The molecule has 23 heavy (non-hydrogen) atoms. The lowest BCUT2D eigenvalue weighted by Gasteiger charge is -2.14. The number of para-hydroxylation sites is 1. The van der Waals surface area contributed by atoms with Gasteiger partial charge in [-0.1, -0.05) is 23.4 Å². The molecule has 1 N–H and O–H groups in total. The molecule has 5 heteroatoms. The number of hydrogen-bond acceptors (Lipinski definition) is 4. The van der Waals surface area contributed by atoms with Crippen molar-refractivity contribution in [2.45, 2.75) is 33.1 Å². The van der Waals surface area contributed by atoms with Crippen molar-refractivity contribution in [2.75, 3.05) is 13.2 Å². The van der Waals surface area contributed by atoms with Crippen LogP contribution in [0.4, 0.5) is 0 Å². The topological polar surface area (TPSA) is 64.4 Å². The fourth-order valence-corrected chi connectivity index (χ4v) is 2.97. The third-order valence-electron chi connectivity index (χ3n) is 4.37. The van der Waals surface area contributed by atoms with Gasteiger partial charge in [-0.05, 0) is 44.2 Å². The lowest BCUT2D eigenvalue weighted by molar-refractivity contribution is -0.120. The molecule has 1 aliphatic heterocycles. The zero-order valence-corrected chi connectivity index (χ0v) is 13.6. The first-order valence-corrected chi connectivity index (χ1v) is 8.02. The summed E-state index contributed by atoms with van der Waals surface area (Å²) >= 11 is 0. The van der Waals surface area contributed by atoms with Crippen molar-refractivity contribution in [3.05, 3.63) is 46.8 Å². The number of rotatable bonds is 4. The Hall–Kier alpha value is -2.30. The van der Waals surface area contributed by atoms with Gasteiger partial charge in [0, 0.05) is 12.1 Å². The van der Waals surface area contributed by atoms with Crippen molar-refractivity contribution in [1.29, 1.82) is 0 Å². The fraction of sp³-hybridized carbons (Fsp3) is 0.444. The van der Waals surface area contributed by atoms with E-state index in [4.69, 9.17) is 9.26 Å². The second-order valence-electron chi connectivity index (χ2n) is 6.10. The number of hydrogen-bond donors (Lipinski definition) is 1. The molecule has 1 unspecified atom stereocenters. The van der Waals surface area contributed by atoms with Gasteiger partial charge >= 0.3 is 0 Å². The summed E-state index contributed by atoms with van der Waals surface area (Å²) < 4.78 is 10.9. The Balaban J connectivity index is 1.55. The first kappa shape index (κ1) is 15.6. The zero-order valence-electron chi connectivity index (χ0n) is 13.6. The van der Waals surface area contributed by atoms with Gasteiger partial charge in [0.05, 0.1) is 18.7 Å². The molecule has 0 fully saturated rings. The maximum absolute atomic E-state index is 12.2. The Morgan fingerprint density at radius 1 is 1.35 bits per heavy atom. The molecule has 0 radical (unpaired) electrons. The normalized spacial score (nSPS) is 17.0. The largest absolute Gasteiger partial charge is 0.493 e. The summed E-state index contributed by atoms with van der Waals surface area (Å²) in [5.74, 6) is 2.09. The Kier molecular flexibility index (Phi) is 4.65. The number of ether oxygens (including phenoxy) is 1. The molecule has 1 aliphatic rings. The molecular weight excluding hydrogens is 292 g/mol. The molecule has 3 rings (SSSR count). The third kappa shape index (κ3) is 3.73. The van der Waals surface area contributed by atoms with Crippen LogP contribution in [0.1, 0.15) is 29.0 Å².